The fourth-order valence-corrected chi connectivity index (χ4v) is 3.99. The van der Waals surface area contributed by atoms with Crippen LogP contribution >= 0.6 is 0 Å². The van der Waals surface area contributed by atoms with Gasteiger partial charge in [0.1, 0.15) is 11.4 Å². The molecule has 3 aromatic rings. The third-order valence-corrected chi connectivity index (χ3v) is 5.63. The largest absolute Gasteiger partial charge is 0.439 e. The van der Waals surface area contributed by atoms with Crippen molar-refractivity contribution in [2.24, 2.45) is 5.92 Å². The molecule has 4 nitrogen and oxygen atoms in total. The Labute approximate surface area is 160 Å². The number of hydrogen-bond acceptors (Lipinski definition) is 4. The quantitative estimate of drug-likeness (QED) is 0.663. The maximum Gasteiger partial charge on any atom is 0.213 e. The van der Waals surface area contributed by atoms with Crippen LogP contribution in [0.4, 0.5) is 0 Å². The van der Waals surface area contributed by atoms with Crippen LogP contribution in [0.1, 0.15) is 35.8 Å². The van der Waals surface area contributed by atoms with E-state index in [1.54, 1.807) is 0 Å². The highest BCUT2D eigenvalue weighted by molar-refractivity contribution is 5.73. The van der Waals surface area contributed by atoms with Gasteiger partial charge in [0.2, 0.25) is 5.89 Å². The summed E-state index contributed by atoms with van der Waals surface area (Å²) in [5, 5.41) is 9.77. The Morgan fingerprint density at radius 1 is 1.19 bits per heavy atom. The van der Waals surface area contributed by atoms with Crippen molar-refractivity contribution < 1.29 is 4.42 Å². The molecule has 138 valence electrons. The van der Waals surface area contributed by atoms with Gasteiger partial charge in [-0.05, 0) is 68.5 Å². The zero-order chi connectivity index (χ0) is 18.6. The summed E-state index contributed by atoms with van der Waals surface area (Å²) < 4.78 is 5.91. The zero-order valence-electron chi connectivity index (χ0n) is 15.8. The van der Waals surface area contributed by atoms with Gasteiger partial charge in [-0.3, -0.25) is 0 Å². The van der Waals surface area contributed by atoms with Gasteiger partial charge in [-0.1, -0.05) is 36.4 Å². The van der Waals surface area contributed by atoms with Gasteiger partial charge < -0.3 is 9.32 Å². The van der Waals surface area contributed by atoms with Crippen LogP contribution in [0.5, 0.6) is 0 Å². The van der Waals surface area contributed by atoms with Crippen molar-refractivity contribution in [3.05, 3.63) is 65.5 Å². The summed E-state index contributed by atoms with van der Waals surface area (Å²) in [5.74, 6) is 0.645. The van der Waals surface area contributed by atoms with Crippen molar-refractivity contribution in [1.29, 1.82) is 5.26 Å². The lowest BCUT2D eigenvalue weighted by Crippen LogP contribution is -2.36. The van der Waals surface area contributed by atoms with Gasteiger partial charge in [-0.25, -0.2) is 4.98 Å². The van der Waals surface area contributed by atoms with Gasteiger partial charge in [0.15, 0.2) is 5.58 Å². The molecule has 0 spiro atoms. The van der Waals surface area contributed by atoms with Crippen LogP contribution in [-0.4, -0.2) is 29.5 Å². The zero-order valence-corrected chi connectivity index (χ0v) is 15.8. The van der Waals surface area contributed by atoms with E-state index in [1.165, 1.54) is 5.56 Å². The van der Waals surface area contributed by atoms with Gasteiger partial charge in [0.05, 0.1) is 6.07 Å². The summed E-state index contributed by atoms with van der Waals surface area (Å²) in [4.78, 5) is 7.12. The highest BCUT2D eigenvalue weighted by atomic mass is 16.3. The normalized spacial score (nSPS) is 17.0. The van der Waals surface area contributed by atoms with Gasteiger partial charge in [0.25, 0.3) is 0 Å². The number of oxazole rings is 1. The second-order valence-electron chi connectivity index (χ2n) is 7.54. The molecule has 0 aliphatic carbocycles. The van der Waals surface area contributed by atoms with Crippen molar-refractivity contribution in [3.63, 3.8) is 0 Å². The van der Waals surface area contributed by atoms with E-state index in [9.17, 15) is 5.26 Å². The fraction of sp³-hybridized carbons (Fsp3) is 0.391. The van der Waals surface area contributed by atoms with Crippen molar-refractivity contribution in [2.75, 3.05) is 19.6 Å². The minimum atomic E-state index is -0.256. The van der Waals surface area contributed by atoms with Crippen molar-refractivity contribution >= 4 is 11.1 Å². The van der Waals surface area contributed by atoms with E-state index in [0.717, 1.165) is 55.6 Å². The molecule has 0 N–H and O–H groups in total. The number of benzene rings is 2. The molecule has 0 saturated carbocycles. The van der Waals surface area contributed by atoms with Crippen LogP contribution in [-0.2, 0) is 6.42 Å². The first kappa shape index (κ1) is 17.8. The number of hydrogen-bond donors (Lipinski definition) is 0. The Morgan fingerprint density at radius 3 is 2.70 bits per heavy atom. The van der Waals surface area contributed by atoms with Gasteiger partial charge in [-0.15, -0.1) is 0 Å². The maximum atomic E-state index is 9.77. The highest BCUT2D eigenvalue weighted by Crippen LogP contribution is 2.33. The molecule has 2 heterocycles. The van der Waals surface area contributed by atoms with Crippen LogP contribution in [0.15, 0.2) is 52.9 Å². The van der Waals surface area contributed by atoms with E-state index in [0.29, 0.717) is 11.8 Å². The fourth-order valence-electron chi connectivity index (χ4n) is 3.99. The van der Waals surface area contributed by atoms with Crippen LogP contribution in [0.25, 0.3) is 11.1 Å². The highest BCUT2D eigenvalue weighted by Gasteiger charge is 2.31. The number of nitriles is 1. The summed E-state index contributed by atoms with van der Waals surface area (Å²) in [6, 6.07) is 19.1. The van der Waals surface area contributed by atoms with Crippen LogP contribution < -0.4 is 0 Å². The molecule has 1 fully saturated rings. The number of fused-ring (bicyclic) bond motifs is 1. The first-order chi connectivity index (χ1) is 13.2. The molecule has 4 rings (SSSR count). The molecule has 27 heavy (non-hydrogen) atoms. The molecule has 2 aromatic carbocycles. The number of piperidine rings is 1. The average Bonchev–Trinajstić information content (AvgIpc) is 3.11. The molecule has 1 atom stereocenters. The molecule has 0 radical (unpaired) electrons. The Kier molecular flexibility index (Phi) is 5.22. The maximum absolute atomic E-state index is 9.77. The van der Waals surface area contributed by atoms with Crippen molar-refractivity contribution in [3.8, 4) is 6.07 Å². The van der Waals surface area contributed by atoms with E-state index < -0.39 is 0 Å². The first-order valence-electron chi connectivity index (χ1n) is 9.76. The predicted molar refractivity (Wildman–Crippen MR) is 106 cm³/mol. The van der Waals surface area contributed by atoms with Crippen LogP contribution in [0.2, 0.25) is 0 Å². The van der Waals surface area contributed by atoms with E-state index in [2.05, 4.69) is 46.3 Å². The van der Waals surface area contributed by atoms with Gasteiger partial charge in [0, 0.05) is 6.54 Å². The van der Waals surface area contributed by atoms with Crippen molar-refractivity contribution in [1.82, 2.24) is 9.88 Å². The first-order valence-corrected chi connectivity index (χ1v) is 9.76. The minimum absolute atomic E-state index is 0.256. The summed E-state index contributed by atoms with van der Waals surface area (Å²) in [6.45, 7) is 5.20. The Bertz CT molecular complexity index is 933. The summed E-state index contributed by atoms with van der Waals surface area (Å²) in [7, 11) is 0. The smallest absolute Gasteiger partial charge is 0.213 e. The van der Waals surface area contributed by atoms with Crippen molar-refractivity contribution in [2.45, 2.75) is 32.1 Å². The summed E-state index contributed by atoms with van der Waals surface area (Å²) in [6.07, 6.45) is 3.12. The number of nitrogens with zero attached hydrogens (tertiary/aromatic N) is 3. The molecule has 1 saturated heterocycles. The summed E-state index contributed by atoms with van der Waals surface area (Å²) >= 11 is 0. The number of likely N-dealkylation sites (tertiary alicyclic amines) is 1. The monoisotopic (exact) mass is 359 g/mol. The number of rotatable bonds is 5. The Morgan fingerprint density at radius 2 is 1.96 bits per heavy atom. The molecule has 4 heteroatoms. The SMILES string of the molecule is Cc1ccc2oc(C(C#N)C3CCN(CCc4ccccc4)CC3)nc2c1. The van der Waals surface area contributed by atoms with E-state index in [4.69, 9.17) is 4.42 Å². The molecule has 0 amide bonds. The number of aromatic nitrogens is 1. The second kappa shape index (κ2) is 7.94. The van der Waals surface area contributed by atoms with Gasteiger partial charge in [-0.2, -0.15) is 5.26 Å². The summed E-state index contributed by atoms with van der Waals surface area (Å²) in [5.41, 5.74) is 4.17. The number of aryl methyl sites for hydroxylation is 1. The Hall–Kier alpha value is -2.64. The van der Waals surface area contributed by atoms with E-state index in [1.807, 2.05) is 25.1 Å². The molecule has 1 aliphatic rings. The van der Waals surface area contributed by atoms with E-state index >= 15 is 0 Å². The lowest BCUT2D eigenvalue weighted by molar-refractivity contribution is 0.174. The minimum Gasteiger partial charge on any atom is -0.439 e. The van der Waals surface area contributed by atoms with Crippen LogP contribution in [0.3, 0.4) is 0 Å². The molecular weight excluding hydrogens is 334 g/mol. The molecular formula is C23H25N3O. The molecule has 1 aromatic heterocycles. The molecule has 0 bridgehead atoms. The standard InChI is InChI=1S/C23H25N3O/c1-17-7-8-22-21(15-17)25-23(27-22)20(16-24)19-10-13-26(14-11-19)12-9-18-5-3-2-4-6-18/h2-8,15,19-20H,9-14H2,1H3. The molecule has 1 aliphatic heterocycles. The van der Waals surface area contributed by atoms with Gasteiger partial charge >= 0.3 is 0 Å². The topological polar surface area (TPSA) is 53.1 Å². The second-order valence-corrected chi connectivity index (χ2v) is 7.54. The third kappa shape index (κ3) is 4.04. The molecule has 1 unspecified atom stereocenters. The predicted octanol–water partition coefficient (Wildman–Crippen LogP) is 4.70. The lowest BCUT2D eigenvalue weighted by atomic mass is 9.85. The van der Waals surface area contributed by atoms with Crippen LogP contribution in [0, 0.1) is 24.2 Å². The average molecular weight is 359 g/mol. The Balaban J connectivity index is 1.37. The van der Waals surface area contributed by atoms with E-state index in [-0.39, 0.29) is 5.92 Å². The third-order valence-electron chi connectivity index (χ3n) is 5.63. The lowest BCUT2D eigenvalue weighted by Gasteiger charge is -2.33.